The molecular weight excluding hydrogens is 266 g/mol. The van der Waals surface area contributed by atoms with Crippen LogP contribution in [0, 0.1) is 0 Å². The molecule has 0 atom stereocenters. The van der Waals surface area contributed by atoms with Crippen LogP contribution in [0.4, 0.5) is 5.82 Å². The number of halogens is 1. The summed E-state index contributed by atoms with van der Waals surface area (Å²) in [6.07, 6.45) is 4.43. The smallest absolute Gasteiger partial charge is 0.252 e. The molecule has 0 aliphatic heterocycles. The molecule has 0 radical (unpaired) electrons. The summed E-state index contributed by atoms with van der Waals surface area (Å²) in [7, 11) is 3.43. The molecule has 19 heavy (non-hydrogen) atoms. The van der Waals surface area contributed by atoms with Gasteiger partial charge < -0.3 is 15.4 Å². The first-order valence-electron chi connectivity index (χ1n) is 6.29. The molecule has 0 fully saturated rings. The van der Waals surface area contributed by atoms with Crippen LogP contribution in [-0.2, 0) is 4.74 Å². The van der Waals surface area contributed by atoms with Gasteiger partial charge in [0.05, 0.1) is 10.6 Å². The van der Waals surface area contributed by atoms with E-state index in [9.17, 15) is 4.79 Å². The van der Waals surface area contributed by atoms with Gasteiger partial charge in [0.2, 0.25) is 0 Å². The van der Waals surface area contributed by atoms with E-state index in [4.69, 9.17) is 16.3 Å². The topological polar surface area (TPSA) is 63.2 Å². The molecule has 0 spiro atoms. The molecule has 0 aromatic carbocycles. The number of amides is 1. The van der Waals surface area contributed by atoms with Crippen molar-refractivity contribution in [2.45, 2.75) is 19.3 Å². The molecule has 1 heterocycles. The highest BCUT2D eigenvalue weighted by molar-refractivity contribution is 6.33. The van der Waals surface area contributed by atoms with Gasteiger partial charge >= 0.3 is 0 Å². The Balaban J connectivity index is 2.40. The van der Waals surface area contributed by atoms with Crippen molar-refractivity contribution in [2.24, 2.45) is 0 Å². The maximum Gasteiger partial charge on any atom is 0.252 e. The number of anilines is 1. The fourth-order valence-corrected chi connectivity index (χ4v) is 1.78. The number of unbranched alkanes of at least 4 members (excludes halogenated alkanes) is 2. The maximum absolute atomic E-state index is 11.9. The van der Waals surface area contributed by atoms with Crippen LogP contribution < -0.4 is 10.6 Å². The summed E-state index contributed by atoms with van der Waals surface area (Å²) in [5.74, 6) is 0.449. The van der Waals surface area contributed by atoms with Crippen molar-refractivity contribution in [3.05, 3.63) is 22.8 Å². The van der Waals surface area contributed by atoms with Gasteiger partial charge in [0, 0.05) is 33.5 Å². The number of nitrogens with one attached hydrogen (secondary N) is 2. The van der Waals surface area contributed by atoms with E-state index in [1.807, 2.05) is 0 Å². The number of carbonyl (C=O) groups is 1. The van der Waals surface area contributed by atoms with Gasteiger partial charge in [-0.1, -0.05) is 11.6 Å². The summed E-state index contributed by atoms with van der Waals surface area (Å²) in [5, 5.41) is 6.08. The molecule has 0 saturated heterocycles. The van der Waals surface area contributed by atoms with Gasteiger partial charge in [-0.2, -0.15) is 0 Å². The lowest BCUT2D eigenvalue weighted by atomic mass is 10.2. The first-order valence-corrected chi connectivity index (χ1v) is 6.67. The molecule has 1 amide bonds. The second-order valence-electron chi connectivity index (χ2n) is 4.11. The molecule has 6 heteroatoms. The summed E-state index contributed by atoms with van der Waals surface area (Å²) in [6, 6.07) is 1.64. The van der Waals surface area contributed by atoms with Crippen molar-refractivity contribution in [1.29, 1.82) is 0 Å². The minimum atomic E-state index is -0.171. The van der Waals surface area contributed by atoms with Crippen molar-refractivity contribution in [3.63, 3.8) is 0 Å². The minimum Gasteiger partial charge on any atom is -0.385 e. The lowest BCUT2D eigenvalue weighted by Gasteiger charge is -2.08. The Kier molecular flexibility index (Phi) is 7.22. The van der Waals surface area contributed by atoms with E-state index in [0.717, 1.165) is 25.9 Å². The number of methoxy groups -OCH3 is 1. The van der Waals surface area contributed by atoms with Crippen LogP contribution in [0.5, 0.6) is 0 Å². The minimum absolute atomic E-state index is 0.171. The van der Waals surface area contributed by atoms with Crippen molar-refractivity contribution in [2.75, 3.05) is 32.6 Å². The van der Waals surface area contributed by atoms with Crippen LogP contribution in [0.15, 0.2) is 12.3 Å². The van der Waals surface area contributed by atoms with Gasteiger partial charge in [-0.15, -0.1) is 0 Å². The molecule has 0 saturated carbocycles. The standard InChI is InChI=1S/C13H20ClN3O2/c1-15-12-8-10(11(14)9-17-12)13(18)16-6-4-3-5-7-19-2/h8-9H,3-7H2,1-2H3,(H,15,17)(H,16,18). The van der Waals surface area contributed by atoms with Crippen LogP contribution in [0.2, 0.25) is 5.02 Å². The van der Waals surface area contributed by atoms with E-state index in [0.29, 0.717) is 22.9 Å². The number of rotatable bonds is 8. The van der Waals surface area contributed by atoms with Crippen LogP contribution in [0.25, 0.3) is 0 Å². The predicted molar refractivity (Wildman–Crippen MR) is 76.9 cm³/mol. The van der Waals surface area contributed by atoms with Gasteiger partial charge in [-0.05, 0) is 25.3 Å². The normalized spacial score (nSPS) is 10.3. The number of pyridine rings is 1. The lowest BCUT2D eigenvalue weighted by Crippen LogP contribution is -2.25. The van der Waals surface area contributed by atoms with E-state index in [1.54, 1.807) is 20.2 Å². The van der Waals surface area contributed by atoms with E-state index in [-0.39, 0.29) is 5.91 Å². The fraction of sp³-hybridized carbons (Fsp3) is 0.538. The summed E-state index contributed by atoms with van der Waals surface area (Å²) in [4.78, 5) is 16.0. The zero-order valence-corrected chi connectivity index (χ0v) is 12.1. The molecular formula is C13H20ClN3O2. The van der Waals surface area contributed by atoms with E-state index in [1.165, 1.54) is 6.20 Å². The van der Waals surface area contributed by atoms with Gasteiger partial charge in [0.25, 0.3) is 5.91 Å². The number of hydrogen-bond donors (Lipinski definition) is 2. The Morgan fingerprint density at radius 2 is 2.21 bits per heavy atom. The fourth-order valence-electron chi connectivity index (χ4n) is 1.59. The van der Waals surface area contributed by atoms with Gasteiger partial charge in [0.1, 0.15) is 5.82 Å². The van der Waals surface area contributed by atoms with Gasteiger partial charge in [-0.25, -0.2) is 4.98 Å². The van der Waals surface area contributed by atoms with Crippen LogP contribution in [-0.4, -0.2) is 38.2 Å². The average Bonchev–Trinajstić information content (AvgIpc) is 2.43. The zero-order valence-electron chi connectivity index (χ0n) is 11.3. The number of aromatic nitrogens is 1. The van der Waals surface area contributed by atoms with Crippen LogP contribution in [0.1, 0.15) is 29.6 Å². The average molecular weight is 286 g/mol. The van der Waals surface area contributed by atoms with Crippen molar-refractivity contribution < 1.29 is 9.53 Å². The Morgan fingerprint density at radius 1 is 1.42 bits per heavy atom. The molecule has 1 aromatic rings. The quantitative estimate of drug-likeness (QED) is 0.720. The molecule has 0 aliphatic carbocycles. The highest BCUT2D eigenvalue weighted by Gasteiger charge is 2.11. The first-order chi connectivity index (χ1) is 9.19. The van der Waals surface area contributed by atoms with Crippen molar-refractivity contribution >= 4 is 23.3 Å². The summed E-state index contributed by atoms with van der Waals surface area (Å²) in [5.41, 5.74) is 0.443. The van der Waals surface area contributed by atoms with Crippen LogP contribution in [0.3, 0.4) is 0 Å². The Labute approximate surface area is 118 Å². The number of ether oxygens (including phenoxy) is 1. The predicted octanol–water partition coefficient (Wildman–Crippen LogP) is 2.32. The zero-order chi connectivity index (χ0) is 14.1. The summed E-state index contributed by atoms with van der Waals surface area (Å²) < 4.78 is 4.96. The molecule has 0 unspecified atom stereocenters. The van der Waals surface area contributed by atoms with E-state index < -0.39 is 0 Å². The lowest BCUT2D eigenvalue weighted by molar-refractivity contribution is 0.0952. The Morgan fingerprint density at radius 3 is 2.89 bits per heavy atom. The molecule has 2 N–H and O–H groups in total. The first kappa shape index (κ1) is 15.7. The third kappa shape index (κ3) is 5.44. The highest BCUT2D eigenvalue weighted by Crippen LogP contribution is 2.17. The Bertz CT molecular complexity index is 413. The van der Waals surface area contributed by atoms with Crippen LogP contribution >= 0.6 is 11.6 Å². The molecule has 1 rings (SSSR count). The second-order valence-corrected chi connectivity index (χ2v) is 4.52. The largest absolute Gasteiger partial charge is 0.385 e. The molecule has 0 aliphatic rings. The molecule has 1 aromatic heterocycles. The van der Waals surface area contributed by atoms with Crippen molar-refractivity contribution in [1.82, 2.24) is 10.3 Å². The number of hydrogen-bond acceptors (Lipinski definition) is 4. The maximum atomic E-state index is 11.9. The summed E-state index contributed by atoms with van der Waals surface area (Å²) in [6.45, 7) is 1.39. The number of carbonyl (C=O) groups excluding carboxylic acids is 1. The molecule has 106 valence electrons. The third-order valence-corrected chi connectivity index (χ3v) is 2.97. The monoisotopic (exact) mass is 285 g/mol. The third-order valence-electron chi connectivity index (χ3n) is 2.67. The summed E-state index contributed by atoms with van der Waals surface area (Å²) >= 11 is 5.96. The van der Waals surface area contributed by atoms with E-state index in [2.05, 4.69) is 15.6 Å². The SMILES string of the molecule is CNc1cc(C(=O)NCCCCCOC)c(Cl)cn1. The van der Waals surface area contributed by atoms with E-state index >= 15 is 0 Å². The van der Waals surface area contributed by atoms with Gasteiger partial charge in [0.15, 0.2) is 0 Å². The highest BCUT2D eigenvalue weighted by atomic mass is 35.5. The van der Waals surface area contributed by atoms with Crippen molar-refractivity contribution in [3.8, 4) is 0 Å². The molecule has 5 nitrogen and oxygen atoms in total. The molecule has 0 bridgehead atoms. The Hall–Kier alpha value is -1.33. The van der Waals surface area contributed by atoms with Gasteiger partial charge in [-0.3, -0.25) is 4.79 Å². The number of nitrogens with zero attached hydrogens (tertiary/aromatic N) is 1. The second kappa shape index (κ2) is 8.72.